The van der Waals surface area contributed by atoms with Crippen LogP contribution in [0.15, 0.2) is 23.0 Å². The van der Waals surface area contributed by atoms with Crippen molar-refractivity contribution in [1.29, 1.82) is 0 Å². The lowest BCUT2D eigenvalue weighted by atomic mass is 9.34. The predicted molar refractivity (Wildman–Crippen MR) is 270 cm³/mol. The minimum atomic E-state index is -1.92. The van der Waals surface area contributed by atoms with Gasteiger partial charge in [-0.15, -0.1) is 0 Å². The van der Waals surface area contributed by atoms with Gasteiger partial charge in [-0.05, 0) is 92.1 Å². The highest BCUT2D eigenvalue weighted by molar-refractivity contribution is 5.48. The van der Waals surface area contributed by atoms with Gasteiger partial charge in [-0.3, -0.25) is 0 Å². The Balaban J connectivity index is 1.01. The Bertz CT molecular complexity index is 2200. The van der Waals surface area contributed by atoms with Gasteiger partial charge in [0.15, 0.2) is 25.2 Å². The molecule has 0 radical (unpaired) electrons. The van der Waals surface area contributed by atoms with E-state index in [9.17, 15) is 76.6 Å². The van der Waals surface area contributed by atoms with Crippen LogP contribution in [-0.2, 0) is 42.6 Å². The monoisotopic (exact) mass is 1130 g/mol. The number of hydrogen-bond acceptors (Lipinski definition) is 24. The summed E-state index contributed by atoms with van der Waals surface area (Å²) in [7, 11) is 1.65. The Labute approximate surface area is 460 Å². The zero-order valence-electron chi connectivity index (χ0n) is 46.5. The maximum atomic E-state index is 12.2. The molecule has 0 aromatic carbocycles. The van der Waals surface area contributed by atoms with Crippen LogP contribution in [0.3, 0.4) is 0 Å². The van der Waals surface area contributed by atoms with Gasteiger partial charge in [0.25, 0.3) is 0 Å². The number of rotatable bonds is 14. The van der Waals surface area contributed by atoms with E-state index in [4.69, 9.17) is 42.6 Å². The first kappa shape index (κ1) is 61.9. The summed E-state index contributed by atoms with van der Waals surface area (Å²) in [6, 6.07) is 0. The molecular formula is C55H90O24. The Hall–Kier alpha value is -1.64. The molecule has 4 aliphatic heterocycles. The van der Waals surface area contributed by atoms with E-state index in [2.05, 4.69) is 40.7 Å². The van der Waals surface area contributed by atoms with E-state index in [1.165, 1.54) is 6.92 Å². The third kappa shape index (κ3) is 9.92. The number of ether oxygens (including phenoxy) is 9. The molecule has 79 heavy (non-hydrogen) atoms. The lowest BCUT2D eigenvalue weighted by Crippen LogP contribution is -2.68. The first-order valence-electron chi connectivity index (χ1n) is 28.2. The van der Waals surface area contributed by atoms with Gasteiger partial charge in [0.2, 0.25) is 0 Å². The van der Waals surface area contributed by atoms with Crippen LogP contribution in [0.25, 0.3) is 0 Å². The van der Waals surface area contributed by atoms with Gasteiger partial charge in [-0.25, -0.2) is 0 Å². The molecule has 5 aliphatic carbocycles. The summed E-state index contributed by atoms with van der Waals surface area (Å²) >= 11 is 0. The number of hydrogen-bond donors (Lipinski definition) is 15. The van der Waals surface area contributed by atoms with Gasteiger partial charge in [-0.2, -0.15) is 0 Å². The molecule has 29 atom stereocenters. The van der Waals surface area contributed by atoms with E-state index >= 15 is 0 Å². The Kier molecular flexibility index (Phi) is 17.8. The maximum Gasteiger partial charge on any atom is 0.187 e. The number of fused-ring (bicyclic) bond motifs is 6. The average Bonchev–Trinajstić information content (AvgIpc) is 2.31. The number of allylic oxidation sites excluding steroid dienone is 3. The fourth-order valence-corrected chi connectivity index (χ4v) is 16.3. The van der Waals surface area contributed by atoms with Gasteiger partial charge in [0, 0.05) is 22.2 Å². The quantitative estimate of drug-likeness (QED) is 0.0787. The molecule has 9 aliphatic rings. The van der Waals surface area contributed by atoms with E-state index in [-0.39, 0.29) is 30.5 Å². The van der Waals surface area contributed by atoms with Crippen molar-refractivity contribution in [2.75, 3.05) is 40.1 Å². The lowest BCUT2D eigenvalue weighted by molar-refractivity contribution is -0.391. The van der Waals surface area contributed by atoms with Crippen LogP contribution in [0.1, 0.15) is 99.8 Å². The predicted octanol–water partition coefficient (Wildman–Crippen LogP) is -2.70. The van der Waals surface area contributed by atoms with Crippen LogP contribution in [-0.4, -0.2) is 252 Å². The maximum absolute atomic E-state index is 12.2. The zero-order chi connectivity index (χ0) is 57.9. The first-order valence-corrected chi connectivity index (χ1v) is 28.2. The summed E-state index contributed by atoms with van der Waals surface area (Å²) in [5.41, 5.74) is -1.98. The molecule has 3 saturated carbocycles. The van der Waals surface area contributed by atoms with Gasteiger partial charge < -0.3 is 119 Å². The van der Waals surface area contributed by atoms with Crippen molar-refractivity contribution in [2.24, 2.45) is 44.3 Å². The summed E-state index contributed by atoms with van der Waals surface area (Å²) in [5, 5.41) is 165. The zero-order valence-corrected chi connectivity index (χ0v) is 46.5. The Morgan fingerprint density at radius 1 is 0.532 bits per heavy atom. The van der Waals surface area contributed by atoms with Crippen molar-refractivity contribution in [3.05, 3.63) is 23.0 Å². The SMILES string of the molecule is COC1=CC2=C3CC(C)(C)CC[C@]3(CO)[C@@H](O[C@@H]3O[C@H](CO)[C@@H](O)[C@H](O)[C@H]3O)C[C@@]2(C)[C@]2(C)CC[C@H]3[C@](C)(CO)[C@@H](O[C@@H]4O[C@H](CO)[C@@H](O)[C@H](O[C@@H]5O[C@H](CO)[C@@H](O)[C@H](O)[C@H]5O[C@@H]5O[C@H](C)[C@H](O)[C@H](O)[C@H]5O)[C@H]4O)CC[C@]3(C)[C@@H]12. The van der Waals surface area contributed by atoms with Gasteiger partial charge in [0.1, 0.15) is 97.3 Å². The minimum absolute atomic E-state index is 0.173. The van der Waals surface area contributed by atoms with Crippen LogP contribution in [0, 0.1) is 44.3 Å². The van der Waals surface area contributed by atoms with Gasteiger partial charge in [0.05, 0.1) is 58.5 Å². The molecule has 0 bridgehead atoms. The number of aliphatic hydroxyl groups is 15. The molecule has 15 N–H and O–H groups in total. The van der Waals surface area contributed by atoms with E-state index in [0.29, 0.717) is 44.9 Å². The Morgan fingerprint density at radius 2 is 1.08 bits per heavy atom. The molecule has 4 saturated heterocycles. The highest BCUT2D eigenvalue weighted by Gasteiger charge is 2.72. The molecule has 0 spiro atoms. The molecule has 9 rings (SSSR count). The van der Waals surface area contributed by atoms with E-state index < -0.39 is 182 Å². The van der Waals surface area contributed by atoms with E-state index in [1.807, 2.05) is 6.92 Å². The average molecular weight is 1140 g/mol. The fraction of sp³-hybridized carbons (Fsp3) is 0.927. The summed E-state index contributed by atoms with van der Waals surface area (Å²) < 4.78 is 55.6. The van der Waals surface area contributed by atoms with Crippen molar-refractivity contribution >= 4 is 0 Å². The topological polar surface area (TPSA) is 387 Å². The van der Waals surface area contributed by atoms with Crippen LogP contribution in [0.5, 0.6) is 0 Å². The van der Waals surface area contributed by atoms with E-state index in [0.717, 1.165) is 23.3 Å². The highest BCUT2D eigenvalue weighted by atomic mass is 16.8. The molecule has 7 fully saturated rings. The minimum Gasteiger partial charge on any atom is -0.501 e. The van der Waals surface area contributed by atoms with Crippen LogP contribution < -0.4 is 0 Å². The van der Waals surface area contributed by atoms with Crippen molar-refractivity contribution < 1.29 is 119 Å². The van der Waals surface area contributed by atoms with Crippen LogP contribution >= 0.6 is 0 Å². The summed E-state index contributed by atoms with van der Waals surface area (Å²) in [6.07, 6.45) is -28.0. The van der Waals surface area contributed by atoms with Crippen LogP contribution in [0.4, 0.5) is 0 Å². The lowest BCUT2D eigenvalue weighted by Gasteiger charge is -2.71. The molecule has 0 amide bonds. The Morgan fingerprint density at radius 3 is 1.67 bits per heavy atom. The van der Waals surface area contributed by atoms with Crippen molar-refractivity contribution in [3.8, 4) is 0 Å². The standard InChI is InChI=1S/C55H90O24/c1-23-33(61)37(65)40(68)46(72-23)79-44-39(67)35(63)28(19-57)75-49(44)78-43-36(64)29(20-58)74-48(42(43)70)76-31-10-11-51(4)30(52(31,5)21-59)9-12-53(6)45(51)26(71-8)15-24-25-16-50(2,3)13-14-55(25,22-60)32(17-54(24,53)7)77-47-41(69)38(66)34(62)27(18-56)73-47/h15,23,27-49,56-70H,9-14,16-22H2,1-8H3/t23-,27-,28-,29-,30-,31+,32+,33+,34-,35-,36-,37+,38+,39+,40-,41-,42-,43+,44-,45-,46+,47+,48+,49+,51+,52+,53-,54-,55-/m1/s1. The highest BCUT2D eigenvalue weighted by Crippen LogP contribution is 2.76. The molecule has 0 unspecified atom stereocenters. The third-order valence-electron chi connectivity index (χ3n) is 21.3. The van der Waals surface area contributed by atoms with Gasteiger partial charge >= 0.3 is 0 Å². The molecular weight excluding hydrogens is 1040 g/mol. The second kappa shape index (κ2) is 22.7. The van der Waals surface area contributed by atoms with E-state index in [1.54, 1.807) is 7.11 Å². The first-order chi connectivity index (χ1) is 37.1. The fourth-order valence-electron chi connectivity index (χ4n) is 16.3. The third-order valence-corrected chi connectivity index (χ3v) is 21.3. The molecule has 24 heteroatoms. The second-order valence-electron chi connectivity index (χ2n) is 26.2. The molecule has 0 aromatic heterocycles. The second-order valence-corrected chi connectivity index (χ2v) is 26.2. The molecule has 0 aromatic rings. The summed E-state index contributed by atoms with van der Waals surface area (Å²) in [5.74, 6) is 0.166. The molecule has 454 valence electrons. The molecule has 4 heterocycles. The number of methoxy groups -OCH3 is 1. The summed E-state index contributed by atoms with van der Waals surface area (Å²) in [4.78, 5) is 0. The van der Waals surface area contributed by atoms with Crippen molar-refractivity contribution in [3.63, 3.8) is 0 Å². The molecule has 24 nitrogen and oxygen atoms in total. The van der Waals surface area contributed by atoms with Crippen molar-refractivity contribution in [2.45, 2.75) is 235 Å². The van der Waals surface area contributed by atoms with Gasteiger partial charge in [-0.1, -0.05) is 47.1 Å². The smallest absolute Gasteiger partial charge is 0.187 e. The normalized spacial score (nSPS) is 53.7. The van der Waals surface area contributed by atoms with Crippen LogP contribution in [0.2, 0.25) is 0 Å². The summed E-state index contributed by atoms with van der Waals surface area (Å²) in [6.45, 7) is 11.5. The number of aliphatic hydroxyl groups excluding tert-OH is 15. The van der Waals surface area contributed by atoms with Crippen molar-refractivity contribution in [1.82, 2.24) is 0 Å². The largest absolute Gasteiger partial charge is 0.501 e.